The third-order valence-electron chi connectivity index (χ3n) is 3.93. The monoisotopic (exact) mass is 264 g/mol. The van der Waals surface area contributed by atoms with Gasteiger partial charge in [-0.3, -0.25) is 4.79 Å². The maximum Gasteiger partial charge on any atom is 0.243 e. The number of rotatable bonds is 9. The van der Waals surface area contributed by atoms with Gasteiger partial charge in [0, 0.05) is 13.1 Å². The van der Waals surface area contributed by atoms with Crippen molar-refractivity contribution in [3.63, 3.8) is 0 Å². The van der Waals surface area contributed by atoms with Crippen molar-refractivity contribution in [2.75, 3.05) is 13.1 Å². The second-order valence-corrected chi connectivity index (χ2v) is 5.89. The van der Waals surface area contributed by atoms with Gasteiger partial charge < -0.3 is 4.90 Å². The van der Waals surface area contributed by atoms with Crippen LogP contribution in [0.4, 0.5) is 0 Å². The topological polar surface area (TPSA) is 44.1 Å². The molecule has 0 N–H and O–H groups in total. The standard InChI is InChI=1S/C16H28N2O/c1-4-9-16(13-17,10-5-2)15(19)18(11-6-3)12-14-7-8-14/h14H,4-12H2,1-3H3. The summed E-state index contributed by atoms with van der Waals surface area (Å²) in [6.45, 7) is 7.87. The Morgan fingerprint density at radius 3 is 2.16 bits per heavy atom. The largest absolute Gasteiger partial charge is 0.341 e. The highest BCUT2D eigenvalue weighted by atomic mass is 16.2. The molecule has 3 nitrogen and oxygen atoms in total. The van der Waals surface area contributed by atoms with Crippen LogP contribution in [-0.4, -0.2) is 23.9 Å². The second-order valence-electron chi connectivity index (χ2n) is 5.89. The van der Waals surface area contributed by atoms with Gasteiger partial charge >= 0.3 is 0 Å². The fourth-order valence-corrected chi connectivity index (χ4v) is 2.81. The zero-order valence-electron chi connectivity index (χ0n) is 12.7. The van der Waals surface area contributed by atoms with Gasteiger partial charge in [-0.25, -0.2) is 0 Å². The third-order valence-corrected chi connectivity index (χ3v) is 3.93. The molecular weight excluding hydrogens is 236 g/mol. The molecule has 3 heteroatoms. The van der Waals surface area contributed by atoms with Gasteiger partial charge in [0.25, 0.3) is 0 Å². The summed E-state index contributed by atoms with van der Waals surface area (Å²) >= 11 is 0. The van der Waals surface area contributed by atoms with Crippen molar-refractivity contribution >= 4 is 5.91 Å². The van der Waals surface area contributed by atoms with Crippen LogP contribution >= 0.6 is 0 Å². The minimum absolute atomic E-state index is 0.0902. The number of amides is 1. The van der Waals surface area contributed by atoms with Crippen molar-refractivity contribution in [1.29, 1.82) is 5.26 Å². The van der Waals surface area contributed by atoms with Crippen LogP contribution in [0.5, 0.6) is 0 Å². The van der Waals surface area contributed by atoms with E-state index in [0.29, 0.717) is 18.8 Å². The first kappa shape index (κ1) is 16.0. The predicted octanol–water partition coefficient (Wildman–Crippen LogP) is 3.75. The smallest absolute Gasteiger partial charge is 0.243 e. The normalized spacial score (nSPS) is 15.1. The van der Waals surface area contributed by atoms with Gasteiger partial charge in [0.05, 0.1) is 6.07 Å². The van der Waals surface area contributed by atoms with Crippen molar-refractivity contribution in [3.05, 3.63) is 0 Å². The lowest BCUT2D eigenvalue weighted by atomic mass is 9.79. The van der Waals surface area contributed by atoms with Crippen LogP contribution < -0.4 is 0 Å². The lowest BCUT2D eigenvalue weighted by molar-refractivity contribution is -0.140. The van der Waals surface area contributed by atoms with Crippen LogP contribution in [0.3, 0.4) is 0 Å². The van der Waals surface area contributed by atoms with Gasteiger partial charge in [0.1, 0.15) is 5.41 Å². The number of carbonyl (C=O) groups excluding carboxylic acids is 1. The Morgan fingerprint density at radius 1 is 1.21 bits per heavy atom. The van der Waals surface area contributed by atoms with Gasteiger partial charge in [-0.15, -0.1) is 0 Å². The molecule has 1 aliphatic carbocycles. The van der Waals surface area contributed by atoms with E-state index in [1.807, 2.05) is 4.90 Å². The van der Waals surface area contributed by atoms with E-state index in [1.54, 1.807) is 0 Å². The van der Waals surface area contributed by atoms with Gasteiger partial charge in [-0.05, 0) is 38.0 Å². The molecule has 0 unspecified atom stereocenters. The molecule has 19 heavy (non-hydrogen) atoms. The predicted molar refractivity (Wildman–Crippen MR) is 77.5 cm³/mol. The summed E-state index contributed by atoms with van der Waals surface area (Å²) in [6.07, 6.45) is 6.63. The molecule has 0 bridgehead atoms. The average molecular weight is 264 g/mol. The van der Waals surface area contributed by atoms with Crippen molar-refractivity contribution < 1.29 is 4.79 Å². The molecule has 1 saturated carbocycles. The van der Waals surface area contributed by atoms with Gasteiger partial charge in [0.15, 0.2) is 0 Å². The Hall–Kier alpha value is -1.04. The quantitative estimate of drug-likeness (QED) is 0.636. The van der Waals surface area contributed by atoms with E-state index in [1.165, 1.54) is 12.8 Å². The molecule has 0 aromatic carbocycles. The molecule has 1 fully saturated rings. The van der Waals surface area contributed by atoms with Crippen LogP contribution in [0.25, 0.3) is 0 Å². The first-order valence-corrected chi connectivity index (χ1v) is 7.84. The summed E-state index contributed by atoms with van der Waals surface area (Å²) in [4.78, 5) is 14.8. The fraction of sp³-hybridized carbons (Fsp3) is 0.875. The molecule has 0 atom stereocenters. The fourth-order valence-electron chi connectivity index (χ4n) is 2.81. The number of nitriles is 1. The van der Waals surface area contributed by atoms with Crippen LogP contribution in [0.2, 0.25) is 0 Å². The highest BCUT2D eigenvalue weighted by molar-refractivity contribution is 5.85. The average Bonchev–Trinajstić information content (AvgIpc) is 3.21. The Morgan fingerprint density at radius 2 is 1.79 bits per heavy atom. The Kier molecular flexibility index (Phi) is 6.34. The summed E-state index contributed by atoms with van der Waals surface area (Å²) < 4.78 is 0. The van der Waals surface area contributed by atoms with Crippen LogP contribution in [0.15, 0.2) is 0 Å². The minimum Gasteiger partial charge on any atom is -0.341 e. The van der Waals surface area contributed by atoms with E-state index >= 15 is 0 Å². The van der Waals surface area contributed by atoms with E-state index in [9.17, 15) is 10.1 Å². The molecule has 1 amide bonds. The van der Waals surface area contributed by atoms with Crippen LogP contribution in [-0.2, 0) is 4.79 Å². The molecule has 0 aliphatic heterocycles. The van der Waals surface area contributed by atoms with E-state index in [0.717, 1.165) is 32.4 Å². The number of hydrogen-bond acceptors (Lipinski definition) is 2. The lowest BCUT2D eigenvalue weighted by Gasteiger charge is -2.32. The summed E-state index contributed by atoms with van der Waals surface area (Å²) in [5, 5.41) is 9.58. The number of nitrogens with zero attached hydrogens (tertiary/aromatic N) is 2. The lowest BCUT2D eigenvalue weighted by Crippen LogP contribution is -2.44. The molecule has 0 spiro atoms. The van der Waals surface area contributed by atoms with Crippen LogP contribution in [0.1, 0.15) is 65.7 Å². The summed E-state index contributed by atoms with van der Waals surface area (Å²) in [6, 6.07) is 2.36. The van der Waals surface area contributed by atoms with E-state index in [4.69, 9.17) is 0 Å². The summed E-state index contributed by atoms with van der Waals surface area (Å²) in [5.41, 5.74) is -0.770. The van der Waals surface area contributed by atoms with Gasteiger partial charge in [-0.2, -0.15) is 5.26 Å². The van der Waals surface area contributed by atoms with Crippen molar-refractivity contribution in [2.24, 2.45) is 11.3 Å². The summed E-state index contributed by atoms with van der Waals surface area (Å²) in [5.74, 6) is 0.780. The SMILES string of the molecule is CCCN(CC1CC1)C(=O)C(C#N)(CCC)CCC. The van der Waals surface area contributed by atoms with Gasteiger partial charge in [-0.1, -0.05) is 33.6 Å². The number of carbonyl (C=O) groups is 1. The Balaban J connectivity index is 2.83. The molecule has 108 valence electrons. The zero-order chi connectivity index (χ0) is 14.3. The van der Waals surface area contributed by atoms with Crippen molar-refractivity contribution in [2.45, 2.75) is 65.7 Å². The first-order valence-electron chi connectivity index (χ1n) is 7.84. The highest BCUT2D eigenvalue weighted by Crippen LogP contribution is 2.35. The molecule has 0 heterocycles. The molecular formula is C16H28N2O. The Bertz CT molecular complexity index is 322. The minimum atomic E-state index is -0.770. The molecule has 0 saturated heterocycles. The maximum absolute atomic E-state index is 12.8. The second kappa shape index (κ2) is 7.53. The number of hydrogen-bond donors (Lipinski definition) is 0. The van der Waals surface area contributed by atoms with E-state index in [2.05, 4.69) is 26.8 Å². The van der Waals surface area contributed by atoms with E-state index < -0.39 is 5.41 Å². The first-order chi connectivity index (χ1) is 9.13. The Labute approximate surface area is 118 Å². The highest BCUT2D eigenvalue weighted by Gasteiger charge is 2.41. The molecule has 0 aromatic rings. The van der Waals surface area contributed by atoms with Crippen molar-refractivity contribution in [3.8, 4) is 6.07 Å². The van der Waals surface area contributed by atoms with Crippen molar-refractivity contribution in [1.82, 2.24) is 4.90 Å². The van der Waals surface area contributed by atoms with Gasteiger partial charge in [0.2, 0.25) is 5.91 Å². The summed E-state index contributed by atoms with van der Waals surface area (Å²) in [7, 11) is 0. The molecule has 0 radical (unpaired) electrons. The molecule has 1 aliphatic rings. The zero-order valence-corrected chi connectivity index (χ0v) is 12.7. The molecule has 1 rings (SSSR count). The van der Waals surface area contributed by atoms with E-state index in [-0.39, 0.29) is 5.91 Å². The third kappa shape index (κ3) is 4.23. The maximum atomic E-state index is 12.8. The molecule has 0 aromatic heterocycles. The van der Waals surface area contributed by atoms with Crippen LogP contribution in [0, 0.1) is 22.7 Å².